The first-order valence-electron chi connectivity index (χ1n) is 10.8. The number of terminal acetylenes is 2. The molecule has 4 rings (SSSR count). The highest BCUT2D eigenvalue weighted by Crippen LogP contribution is 2.09. The Bertz CT molecular complexity index is 1650. The van der Waals surface area contributed by atoms with E-state index in [1.165, 1.54) is 0 Å². The zero-order valence-electron chi connectivity index (χ0n) is 19.1. The first kappa shape index (κ1) is 23.3. The molecule has 0 amide bonds. The lowest BCUT2D eigenvalue weighted by Gasteiger charge is -1.96. The van der Waals surface area contributed by atoms with Gasteiger partial charge in [-0.1, -0.05) is 71.6 Å². The van der Waals surface area contributed by atoms with Crippen LogP contribution in [0.1, 0.15) is 44.5 Å². The SMILES string of the molecule is C#Cc1ccncc1C#Cc1ccccc1C#CC#Cc1ccccc1C#Cc1cnccc1C#C. The van der Waals surface area contributed by atoms with Gasteiger partial charge in [0.05, 0.1) is 11.1 Å². The Morgan fingerprint density at radius 3 is 1.17 bits per heavy atom. The van der Waals surface area contributed by atoms with E-state index < -0.39 is 0 Å². The van der Waals surface area contributed by atoms with Crippen LogP contribution in [0, 0.1) is 72.1 Å². The molecule has 0 aliphatic heterocycles. The molecule has 2 nitrogen and oxygen atoms in total. The van der Waals surface area contributed by atoms with Crippen molar-refractivity contribution in [1.82, 2.24) is 9.97 Å². The second-order valence-electron chi connectivity index (χ2n) is 7.22. The summed E-state index contributed by atoms with van der Waals surface area (Å²) in [5, 5.41) is 0. The lowest BCUT2D eigenvalue weighted by molar-refractivity contribution is 1.30. The van der Waals surface area contributed by atoms with E-state index in [0.717, 1.165) is 22.3 Å². The Kier molecular flexibility index (Phi) is 7.64. The topological polar surface area (TPSA) is 25.8 Å². The van der Waals surface area contributed by atoms with Gasteiger partial charge < -0.3 is 0 Å². The highest BCUT2D eigenvalue weighted by atomic mass is 14.6. The highest BCUT2D eigenvalue weighted by molar-refractivity contribution is 5.58. The number of hydrogen-bond donors (Lipinski definition) is 0. The minimum atomic E-state index is 0.695. The van der Waals surface area contributed by atoms with Crippen molar-refractivity contribution < 1.29 is 0 Å². The molecule has 0 aliphatic carbocycles. The fourth-order valence-corrected chi connectivity index (χ4v) is 3.11. The van der Waals surface area contributed by atoms with Crippen molar-refractivity contribution in [2.24, 2.45) is 0 Å². The molecule has 0 bridgehead atoms. The van der Waals surface area contributed by atoms with Crippen LogP contribution in [0.25, 0.3) is 0 Å². The summed E-state index contributed by atoms with van der Waals surface area (Å²) in [5.41, 5.74) is 5.91. The molecular formula is C34H16N2. The molecule has 0 saturated heterocycles. The second kappa shape index (κ2) is 11.8. The maximum absolute atomic E-state index is 5.55. The third-order valence-corrected chi connectivity index (χ3v) is 4.93. The van der Waals surface area contributed by atoms with Gasteiger partial charge in [0, 0.05) is 58.2 Å². The Hall–Kier alpha value is -5.90. The number of aromatic nitrogens is 2. The minimum Gasteiger partial charge on any atom is -0.263 e. The van der Waals surface area contributed by atoms with E-state index in [2.05, 4.69) is 69.2 Å². The van der Waals surface area contributed by atoms with Gasteiger partial charge in [0.1, 0.15) is 0 Å². The maximum Gasteiger partial charge on any atom is 0.0588 e. The molecule has 0 spiro atoms. The zero-order valence-corrected chi connectivity index (χ0v) is 19.1. The number of hydrogen-bond acceptors (Lipinski definition) is 2. The lowest BCUT2D eigenvalue weighted by atomic mass is 10.1. The van der Waals surface area contributed by atoms with Crippen LogP contribution in [0.4, 0.5) is 0 Å². The highest BCUT2D eigenvalue weighted by Gasteiger charge is 1.99. The third-order valence-electron chi connectivity index (χ3n) is 4.93. The standard InChI is InChI=1S/C34H16N2/c1-3-27-21-23-35-25-33(27)19-17-31-15-9-7-13-29(31)11-5-6-12-30-14-8-10-16-32(30)18-20-34-26-36-24-22-28(34)4-2/h1-2,7-10,13-16,21-26H. The molecule has 2 aromatic heterocycles. The van der Waals surface area contributed by atoms with E-state index in [1.807, 2.05) is 48.5 Å². The summed E-state index contributed by atoms with van der Waals surface area (Å²) in [4.78, 5) is 8.20. The average molecular weight is 453 g/mol. The number of benzene rings is 2. The minimum absolute atomic E-state index is 0.695. The molecule has 0 fully saturated rings. The Labute approximate surface area is 211 Å². The van der Waals surface area contributed by atoms with Gasteiger partial charge in [-0.05, 0) is 48.2 Å². The molecule has 4 aromatic rings. The predicted molar refractivity (Wildman–Crippen MR) is 143 cm³/mol. The molecule has 2 aromatic carbocycles. The van der Waals surface area contributed by atoms with Crippen LogP contribution >= 0.6 is 0 Å². The molecule has 2 heterocycles. The van der Waals surface area contributed by atoms with Crippen molar-refractivity contribution in [1.29, 1.82) is 0 Å². The van der Waals surface area contributed by atoms with Gasteiger partial charge in [-0.3, -0.25) is 9.97 Å². The van der Waals surface area contributed by atoms with E-state index >= 15 is 0 Å². The number of pyridine rings is 2. The maximum atomic E-state index is 5.55. The van der Waals surface area contributed by atoms with Crippen molar-refractivity contribution >= 4 is 0 Å². The predicted octanol–water partition coefficient (Wildman–Crippen LogP) is 4.64. The van der Waals surface area contributed by atoms with E-state index in [1.54, 1.807) is 36.9 Å². The van der Waals surface area contributed by atoms with E-state index in [-0.39, 0.29) is 0 Å². The summed E-state index contributed by atoms with van der Waals surface area (Å²) < 4.78 is 0. The van der Waals surface area contributed by atoms with E-state index in [4.69, 9.17) is 12.8 Å². The Morgan fingerprint density at radius 2 is 0.778 bits per heavy atom. The molecule has 2 heteroatoms. The van der Waals surface area contributed by atoms with Crippen LogP contribution in [0.3, 0.4) is 0 Å². The van der Waals surface area contributed by atoms with Crippen molar-refractivity contribution in [2.45, 2.75) is 0 Å². The van der Waals surface area contributed by atoms with Crippen LogP contribution in [-0.4, -0.2) is 9.97 Å². The van der Waals surface area contributed by atoms with Gasteiger partial charge in [-0.2, -0.15) is 0 Å². The van der Waals surface area contributed by atoms with Gasteiger partial charge in [0.15, 0.2) is 0 Å². The fourth-order valence-electron chi connectivity index (χ4n) is 3.11. The fraction of sp³-hybridized carbons (Fsp3) is 0. The Morgan fingerprint density at radius 1 is 0.417 bits per heavy atom. The molecule has 0 N–H and O–H groups in total. The van der Waals surface area contributed by atoms with Crippen LogP contribution in [0.15, 0.2) is 85.5 Å². The van der Waals surface area contributed by atoms with Crippen LogP contribution in [0.5, 0.6) is 0 Å². The summed E-state index contributed by atoms with van der Waals surface area (Å²) in [7, 11) is 0. The average Bonchev–Trinajstić information content (AvgIpc) is 2.94. The van der Waals surface area contributed by atoms with Gasteiger partial charge in [-0.25, -0.2) is 0 Å². The largest absolute Gasteiger partial charge is 0.263 e. The van der Waals surface area contributed by atoms with Crippen molar-refractivity contribution in [3.63, 3.8) is 0 Å². The van der Waals surface area contributed by atoms with Crippen LogP contribution in [0.2, 0.25) is 0 Å². The molecule has 0 aliphatic rings. The molecular weight excluding hydrogens is 436 g/mol. The smallest absolute Gasteiger partial charge is 0.0588 e. The van der Waals surface area contributed by atoms with Crippen LogP contribution < -0.4 is 0 Å². The summed E-state index contributed by atoms with van der Waals surface area (Å²) >= 11 is 0. The lowest BCUT2D eigenvalue weighted by Crippen LogP contribution is -1.87. The normalized spacial score (nSPS) is 8.72. The quantitative estimate of drug-likeness (QED) is 0.363. The van der Waals surface area contributed by atoms with Crippen molar-refractivity contribution in [3.05, 3.63) is 130 Å². The number of rotatable bonds is 0. The van der Waals surface area contributed by atoms with E-state index in [0.29, 0.717) is 22.3 Å². The molecule has 162 valence electrons. The van der Waals surface area contributed by atoms with Crippen molar-refractivity contribution in [2.75, 3.05) is 0 Å². The monoisotopic (exact) mass is 452 g/mol. The summed E-state index contributed by atoms with van der Waals surface area (Å²) in [6.07, 6.45) is 17.7. The Balaban J connectivity index is 1.60. The third kappa shape index (κ3) is 5.91. The van der Waals surface area contributed by atoms with Crippen LogP contribution in [-0.2, 0) is 0 Å². The summed E-state index contributed by atoms with van der Waals surface area (Å²) in [6.45, 7) is 0. The second-order valence-corrected chi connectivity index (χ2v) is 7.22. The van der Waals surface area contributed by atoms with Gasteiger partial charge in [-0.15, -0.1) is 12.8 Å². The van der Waals surface area contributed by atoms with Gasteiger partial charge >= 0.3 is 0 Å². The van der Waals surface area contributed by atoms with Gasteiger partial charge in [0.25, 0.3) is 0 Å². The summed E-state index contributed by atoms with van der Waals surface area (Å²) in [6, 6.07) is 18.8. The molecule has 0 radical (unpaired) electrons. The van der Waals surface area contributed by atoms with E-state index in [9.17, 15) is 0 Å². The number of nitrogens with zero attached hydrogens (tertiary/aromatic N) is 2. The summed E-state index contributed by atoms with van der Waals surface area (Å²) in [5.74, 6) is 29.7. The molecule has 0 saturated carbocycles. The molecule has 0 unspecified atom stereocenters. The first-order chi connectivity index (χ1) is 17.8. The zero-order chi connectivity index (χ0) is 25.0. The van der Waals surface area contributed by atoms with Crippen molar-refractivity contribution in [3.8, 4) is 72.1 Å². The first-order valence-corrected chi connectivity index (χ1v) is 10.8. The van der Waals surface area contributed by atoms with Gasteiger partial charge in [0.2, 0.25) is 0 Å². The molecule has 36 heavy (non-hydrogen) atoms. The molecule has 0 atom stereocenters.